The summed E-state index contributed by atoms with van der Waals surface area (Å²) >= 11 is 0. The molecule has 1 aliphatic heterocycles. The van der Waals surface area contributed by atoms with Crippen LogP contribution in [-0.4, -0.2) is 6.54 Å². The first kappa shape index (κ1) is 13.2. The topological polar surface area (TPSA) is 12.0 Å². The van der Waals surface area contributed by atoms with Crippen LogP contribution in [0.15, 0.2) is 48.5 Å². The summed E-state index contributed by atoms with van der Waals surface area (Å²) in [4.78, 5) is 0. The van der Waals surface area contributed by atoms with E-state index in [0.717, 1.165) is 24.6 Å². The molecule has 0 aliphatic carbocycles. The SMILES string of the molecule is FC(F)(F)c1cccc(C2NCCc3ccccc32)c1. The predicted octanol–water partition coefficient (Wildman–Crippen LogP) is 3.94. The van der Waals surface area contributed by atoms with E-state index >= 15 is 0 Å². The maximum Gasteiger partial charge on any atom is 0.416 e. The molecule has 1 nitrogen and oxygen atoms in total. The maximum absolute atomic E-state index is 12.8. The zero-order chi connectivity index (χ0) is 14.2. The molecule has 0 fully saturated rings. The van der Waals surface area contributed by atoms with E-state index in [0.29, 0.717) is 5.56 Å². The minimum atomic E-state index is -4.30. The summed E-state index contributed by atoms with van der Waals surface area (Å²) < 4.78 is 38.4. The molecule has 3 rings (SSSR count). The molecule has 2 aromatic carbocycles. The highest BCUT2D eigenvalue weighted by atomic mass is 19.4. The Labute approximate surface area is 115 Å². The van der Waals surface area contributed by atoms with E-state index in [4.69, 9.17) is 0 Å². The summed E-state index contributed by atoms with van der Waals surface area (Å²) in [7, 11) is 0. The number of halogens is 3. The summed E-state index contributed by atoms with van der Waals surface area (Å²) in [6.07, 6.45) is -3.39. The zero-order valence-electron chi connectivity index (χ0n) is 10.7. The number of fused-ring (bicyclic) bond motifs is 1. The van der Waals surface area contributed by atoms with Crippen molar-refractivity contribution in [2.75, 3.05) is 6.54 Å². The molecule has 1 unspecified atom stereocenters. The summed E-state index contributed by atoms with van der Waals surface area (Å²) in [6.45, 7) is 0.776. The van der Waals surface area contributed by atoms with Crippen LogP contribution >= 0.6 is 0 Å². The lowest BCUT2D eigenvalue weighted by Gasteiger charge is -2.27. The number of rotatable bonds is 1. The first-order valence-electron chi connectivity index (χ1n) is 6.54. The largest absolute Gasteiger partial charge is 0.416 e. The van der Waals surface area contributed by atoms with E-state index in [-0.39, 0.29) is 6.04 Å². The number of hydrogen-bond donors (Lipinski definition) is 1. The molecule has 1 N–H and O–H groups in total. The van der Waals surface area contributed by atoms with Gasteiger partial charge in [0, 0.05) is 6.54 Å². The molecule has 1 atom stereocenters. The minimum absolute atomic E-state index is 0.165. The van der Waals surface area contributed by atoms with Crippen molar-refractivity contribution in [3.05, 3.63) is 70.8 Å². The van der Waals surface area contributed by atoms with Crippen LogP contribution in [0.25, 0.3) is 0 Å². The molecule has 0 radical (unpaired) electrons. The van der Waals surface area contributed by atoms with Gasteiger partial charge in [-0.05, 0) is 35.2 Å². The highest BCUT2D eigenvalue weighted by Gasteiger charge is 2.31. The van der Waals surface area contributed by atoms with Crippen molar-refractivity contribution in [1.82, 2.24) is 5.32 Å². The number of alkyl halides is 3. The lowest BCUT2D eigenvalue weighted by Crippen LogP contribution is -2.30. The molecular formula is C16H14F3N. The van der Waals surface area contributed by atoms with Crippen LogP contribution in [0.1, 0.15) is 28.3 Å². The van der Waals surface area contributed by atoms with Gasteiger partial charge in [0.1, 0.15) is 0 Å². The second-order valence-electron chi connectivity index (χ2n) is 4.96. The molecule has 104 valence electrons. The molecule has 0 saturated heterocycles. The Kier molecular flexibility index (Phi) is 3.26. The molecule has 0 amide bonds. The van der Waals surface area contributed by atoms with Gasteiger partial charge in [-0.3, -0.25) is 0 Å². The van der Waals surface area contributed by atoms with E-state index in [1.165, 1.54) is 17.7 Å². The van der Waals surface area contributed by atoms with E-state index in [9.17, 15) is 13.2 Å². The third-order valence-electron chi connectivity index (χ3n) is 3.66. The number of benzene rings is 2. The van der Waals surface area contributed by atoms with Crippen molar-refractivity contribution in [3.8, 4) is 0 Å². The normalized spacial score (nSPS) is 18.6. The van der Waals surface area contributed by atoms with Crippen LogP contribution < -0.4 is 5.32 Å². The Morgan fingerprint density at radius 3 is 2.60 bits per heavy atom. The molecule has 1 heterocycles. The van der Waals surface area contributed by atoms with Gasteiger partial charge < -0.3 is 5.32 Å². The van der Waals surface area contributed by atoms with Crippen LogP contribution in [-0.2, 0) is 12.6 Å². The van der Waals surface area contributed by atoms with Crippen LogP contribution in [0.5, 0.6) is 0 Å². The average Bonchev–Trinajstić information content (AvgIpc) is 2.46. The lowest BCUT2D eigenvalue weighted by molar-refractivity contribution is -0.137. The Morgan fingerprint density at radius 1 is 1.00 bits per heavy atom. The van der Waals surface area contributed by atoms with Crippen molar-refractivity contribution in [1.29, 1.82) is 0 Å². The summed E-state index contributed by atoms with van der Waals surface area (Å²) in [5.74, 6) is 0. The van der Waals surface area contributed by atoms with Crippen molar-refractivity contribution in [2.24, 2.45) is 0 Å². The fraction of sp³-hybridized carbons (Fsp3) is 0.250. The molecule has 20 heavy (non-hydrogen) atoms. The first-order valence-corrected chi connectivity index (χ1v) is 6.54. The van der Waals surface area contributed by atoms with Gasteiger partial charge in [-0.15, -0.1) is 0 Å². The third kappa shape index (κ3) is 2.43. The van der Waals surface area contributed by atoms with Gasteiger partial charge in [-0.1, -0.05) is 36.4 Å². The summed E-state index contributed by atoms with van der Waals surface area (Å²) in [5, 5.41) is 3.30. The van der Waals surface area contributed by atoms with Crippen molar-refractivity contribution < 1.29 is 13.2 Å². The lowest BCUT2D eigenvalue weighted by atomic mass is 9.89. The summed E-state index contributed by atoms with van der Waals surface area (Å²) in [5.41, 5.74) is 2.33. The highest BCUT2D eigenvalue weighted by molar-refractivity contribution is 5.40. The monoisotopic (exact) mass is 277 g/mol. The number of nitrogens with one attached hydrogen (secondary N) is 1. The highest BCUT2D eigenvalue weighted by Crippen LogP contribution is 2.33. The number of hydrogen-bond acceptors (Lipinski definition) is 1. The molecule has 0 aromatic heterocycles. The summed E-state index contributed by atoms with van der Waals surface area (Å²) in [6, 6.07) is 13.3. The van der Waals surface area contributed by atoms with E-state index in [1.807, 2.05) is 24.3 Å². The smallest absolute Gasteiger partial charge is 0.306 e. The first-order chi connectivity index (χ1) is 9.55. The van der Waals surface area contributed by atoms with E-state index < -0.39 is 11.7 Å². The quantitative estimate of drug-likeness (QED) is 0.832. The Hall–Kier alpha value is -1.81. The molecule has 1 aliphatic rings. The van der Waals surface area contributed by atoms with Gasteiger partial charge in [0.15, 0.2) is 0 Å². The van der Waals surface area contributed by atoms with Gasteiger partial charge in [0.25, 0.3) is 0 Å². The second-order valence-corrected chi connectivity index (χ2v) is 4.96. The van der Waals surface area contributed by atoms with Gasteiger partial charge in [-0.2, -0.15) is 13.2 Å². The molecule has 0 bridgehead atoms. The van der Waals surface area contributed by atoms with Crippen molar-refractivity contribution in [2.45, 2.75) is 18.6 Å². The van der Waals surface area contributed by atoms with Crippen molar-refractivity contribution >= 4 is 0 Å². The molecule has 2 aromatic rings. The fourth-order valence-electron chi connectivity index (χ4n) is 2.70. The van der Waals surface area contributed by atoms with Gasteiger partial charge in [-0.25, -0.2) is 0 Å². The van der Waals surface area contributed by atoms with E-state index in [2.05, 4.69) is 5.32 Å². The van der Waals surface area contributed by atoms with Crippen LogP contribution in [0.2, 0.25) is 0 Å². The standard InChI is InChI=1S/C16H14F3N/c17-16(18,19)13-6-3-5-12(10-13)15-14-7-2-1-4-11(14)8-9-20-15/h1-7,10,15,20H,8-9H2. The third-order valence-corrected chi connectivity index (χ3v) is 3.66. The Bertz CT molecular complexity index is 619. The second kappa shape index (κ2) is 4.94. The van der Waals surface area contributed by atoms with Crippen LogP contribution in [0, 0.1) is 0 Å². The van der Waals surface area contributed by atoms with Crippen LogP contribution in [0.4, 0.5) is 13.2 Å². The van der Waals surface area contributed by atoms with Gasteiger partial charge in [0.2, 0.25) is 0 Å². The molecule has 0 spiro atoms. The van der Waals surface area contributed by atoms with Gasteiger partial charge in [0.05, 0.1) is 11.6 Å². The van der Waals surface area contributed by atoms with Gasteiger partial charge >= 0.3 is 6.18 Å². The molecule has 0 saturated carbocycles. The average molecular weight is 277 g/mol. The minimum Gasteiger partial charge on any atom is -0.306 e. The van der Waals surface area contributed by atoms with E-state index in [1.54, 1.807) is 6.07 Å². The molecular weight excluding hydrogens is 263 g/mol. The maximum atomic E-state index is 12.8. The fourth-order valence-corrected chi connectivity index (χ4v) is 2.70. The predicted molar refractivity (Wildman–Crippen MR) is 71.4 cm³/mol. The Balaban J connectivity index is 2.03. The molecule has 4 heteroatoms. The van der Waals surface area contributed by atoms with Crippen LogP contribution in [0.3, 0.4) is 0 Å². The zero-order valence-corrected chi connectivity index (χ0v) is 10.7. The Morgan fingerprint density at radius 2 is 1.80 bits per heavy atom. The van der Waals surface area contributed by atoms with Crippen molar-refractivity contribution in [3.63, 3.8) is 0 Å².